The standard InChI is InChI=1S/C21H18ClFN2O3S/c1-28-16-8-6-13(11-15(16)25-9-3-2-4-18(25)26)24-21(27)20-19(22)14-7-5-12(23)10-17(14)29-20/h5-8,10-11H,2-4,9H2,1H3,(H,24,27). The zero-order chi connectivity index (χ0) is 20.5. The molecule has 4 rings (SSSR count). The highest BCUT2D eigenvalue weighted by Crippen LogP contribution is 2.37. The largest absolute Gasteiger partial charge is 0.495 e. The van der Waals surface area contributed by atoms with Gasteiger partial charge in [-0.2, -0.15) is 0 Å². The second kappa shape index (κ2) is 8.00. The molecule has 29 heavy (non-hydrogen) atoms. The number of piperidine rings is 1. The van der Waals surface area contributed by atoms with Crippen molar-refractivity contribution in [3.63, 3.8) is 0 Å². The number of nitrogens with one attached hydrogen (secondary N) is 1. The third kappa shape index (κ3) is 3.80. The van der Waals surface area contributed by atoms with Crippen LogP contribution in [0.3, 0.4) is 0 Å². The molecule has 0 unspecified atom stereocenters. The van der Waals surface area contributed by atoms with E-state index in [1.807, 2.05) is 0 Å². The summed E-state index contributed by atoms with van der Waals surface area (Å²) >= 11 is 7.48. The number of methoxy groups -OCH3 is 1. The Morgan fingerprint density at radius 1 is 1.24 bits per heavy atom. The third-order valence-corrected chi connectivity index (χ3v) is 6.50. The molecule has 0 radical (unpaired) electrons. The van der Waals surface area contributed by atoms with Gasteiger partial charge in [0.15, 0.2) is 0 Å². The Bertz CT molecular complexity index is 1110. The van der Waals surface area contributed by atoms with Gasteiger partial charge in [0, 0.05) is 28.7 Å². The molecule has 0 atom stereocenters. The fourth-order valence-corrected chi connectivity index (χ4v) is 4.85. The number of halogens is 2. The van der Waals surface area contributed by atoms with Crippen molar-refractivity contribution in [1.29, 1.82) is 0 Å². The van der Waals surface area contributed by atoms with E-state index in [9.17, 15) is 14.0 Å². The minimum Gasteiger partial charge on any atom is -0.495 e. The quantitative estimate of drug-likeness (QED) is 0.594. The van der Waals surface area contributed by atoms with Gasteiger partial charge in [0.05, 0.1) is 17.8 Å². The average Bonchev–Trinajstić information content (AvgIpc) is 3.04. The van der Waals surface area contributed by atoms with Crippen molar-refractivity contribution in [3.8, 4) is 5.75 Å². The van der Waals surface area contributed by atoms with Gasteiger partial charge in [-0.05, 0) is 49.2 Å². The van der Waals surface area contributed by atoms with Crippen LogP contribution in [0.15, 0.2) is 36.4 Å². The molecule has 5 nitrogen and oxygen atoms in total. The van der Waals surface area contributed by atoms with E-state index in [4.69, 9.17) is 16.3 Å². The fourth-order valence-electron chi connectivity index (χ4n) is 3.41. The lowest BCUT2D eigenvalue weighted by atomic mass is 10.1. The SMILES string of the molecule is COc1ccc(NC(=O)c2sc3cc(F)ccc3c2Cl)cc1N1CCCCC1=O. The molecule has 1 fully saturated rings. The highest BCUT2D eigenvalue weighted by Gasteiger charge is 2.24. The summed E-state index contributed by atoms with van der Waals surface area (Å²) in [7, 11) is 1.54. The molecule has 3 aromatic rings. The third-order valence-electron chi connectivity index (χ3n) is 4.85. The molecule has 2 heterocycles. The van der Waals surface area contributed by atoms with Crippen molar-refractivity contribution in [2.24, 2.45) is 0 Å². The summed E-state index contributed by atoms with van der Waals surface area (Å²) in [6.07, 6.45) is 2.28. The van der Waals surface area contributed by atoms with E-state index in [1.165, 1.54) is 12.1 Å². The number of thiophene rings is 1. The van der Waals surface area contributed by atoms with Crippen molar-refractivity contribution < 1.29 is 18.7 Å². The van der Waals surface area contributed by atoms with Gasteiger partial charge in [-0.25, -0.2) is 4.39 Å². The van der Waals surface area contributed by atoms with Gasteiger partial charge in [-0.15, -0.1) is 11.3 Å². The normalized spacial score (nSPS) is 14.3. The maximum absolute atomic E-state index is 13.5. The van der Waals surface area contributed by atoms with E-state index in [0.717, 1.165) is 24.2 Å². The number of amides is 2. The minimum atomic E-state index is -0.391. The number of carbonyl (C=O) groups excluding carboxylic acids is 2. The summed E-state index contributed by atoms with van der Waals surface area (Å²) < 4.78 is 19.5. The number of rotatable bonds is 4. The van der Waals surface area contributed by atoms with Gasteiger partial charge in [0.25, 0.3) is 5.91 Å². The number of anilines is 2. The number of fused-ring (bicyclic) bond motifs is 1. The second-order valence-corrected chi connectivity index (χ2v) is 8.16. The zero-order valence-corrected chi connectivity index (χ0v) is 17.2. The van der Waals surface area contributed by atoms with Gasteiger partial charge < -0.3 is 15.0 Å². The van der Waals surface area contributed by atoms with Crippen LogP contribution in [0.5, 0.6) is 5.75 Å². The lowest BCUT2D eigenvalue weighted by molar-refractivity contribution is -0.119. The molecule has 1 aliphatic heterocycles. The topological polar surface area (TPSA) is 58.6 Å². The van der Waals surface area contributed by atoms with Crippen molar-refractivity contribution in [1.82, 2.24) is 0 Å². The van der Waals surface area contributed by atoms with E-state index in [0.29, 0.717) is 50.1 Å². The predicted molar refractivity (Wildman–Crippen MR) is 114 cm³/mol. The summed E-state index contributed by atoms with van der Waals surface area (Å²) in [4.78, 5) is 27.1. The number of carbonyl (C=O) groups is 2. The number of hydrogen-bond donors (Lipinski definition) is 1. The summed E-state index contributed by atoms with van der Waals surface area (Å²) in [5.74, 6) is -0.174. The van der Waals surface area contributed by atoms with E-state index < -0.39 is 5.91 Å². The first-order valence-corrected chi connectivity index (χ1v) is 10.3. The summed E-state index contributed by atoms with van der Waals surface area (Å²) in [6, 6.07) is 9.38. The second-order valence-electron chi connectivity index (χ2n) is 6.73. The van der Waals surface area contributed by atoms with Gasteiger partial charge >= 0.3 is 0 Å². The monoisotopic (exact) mass is 432 g/mol. The first-order chi connectivity index (χ1) is 14.0. The highest BCUT2D eigenvalue weighted by molar-refractivity contribution is 7.21. The van der Waals surface area contributed by atoms with Crippen molar-refractivity contribution >= 4 is 56.2 Å². The molecule has 0 aliphatic carbocycles. The van der Waals surface area contributed by atoms with E-state index in [2.05, 4.69) is 5.32 Å². The first kappa shape index (κ1) is 19.7. The van der Waals surface area contributed by atoms with E-state index >= 15 is 0 Å². The Morgan fingerprint density at radius 2 is 2.07 bits per heavy atom. The maximum atomic E-state index is 13.5. The molecular formula is C21H18ClFN2O3S. The Hall–Kier alpha value is -2.64. The summed E-state index contributed by atoms with van der Waals surface area (Å²) in [5, 5.41) is 3.75. The molecule has 2 amide bonds. The molecular weight excluding hydrogens is 415 g/mol. The summed E-state index contributed by atoms with van der Waals surface area (Å²) in [6.45, 7) is 0.611. The van der Waals surface area contributed by atoms with Gasteiger partial charge in [0.2, 0.25) is 5.91 Å². The van der Waals surface area contributed by atoms with Crippen LogP contribution in [-0.2, 0) is 4.79 Å². The molecule has 2 aromatic carbocycles. The van der Waals surface area contributed by atoms with Crippen LogP contribution < -0.4 is 15.0 Å². The van der Waals surface area contributed by atoms with Crippen LogP contribution in [0.2, 0.25) is 5.02 Å². The molecule has 1 aromatic heterocycles. The van der Waals surface area contributed by atoms with Crippen LogP contribution in [0.1, 0.15) is 28.9 Å². The van der Waals surface area contributed by atoms with Gasteiger partial charge in [0.1, 0.15) is 16.4 Å². The molecule has 0 saturated carbocycles. The number of nitrogens with zero attached hydrogens (tertiary/aromatic N) is 1. The fraction of sp³-hybridized carbons (Fsp3) is 0.238. The lowest BCUT2D eigenvalue weighted by Crippen LogP contribution is -2.35. The van der Waals surface area contributed by atoms with Crippen molar-refractivity contribution in [2.75, 3.05) is 23.9 Å². The predicted octanol–water partition coefficient (Wildman–Crippen LogP) is 5.47. The zero-order valence-electron chi connectivity index (χ0n) is 15.6. The number of ether oxygens (including phenoxy) is 1. The average molecular weight is 433 g/mol. The smallest absolute Gasteiger partial charge is 0.267 e. The van der Waals surface area contributed by atoms with Crippen LogP contribution in [0.25, 0.3) is 10.1 Å². The molecule has 0 bridgehead atoms. The van der Waals surface area contributed by atoms with Gasteiger partial charge in [-0.1, -0.05) is 11.6 Å². The number of benzene rings is 2. The Labute approximate surface area is 176 Å². The lowest BCUT2D eigenvalue weighted by Gasteiger charge is -2.28. The molecule has 8 heteroatoms. The van der Waals surface area contributed by atoms with Crippen molar-refractivity contribution in [3.05, 3.63) is 52.1 Å². The van der Waals surface area contributed by atoms with Crippen LogP contribution in [-0.4, -0.2) is 25.5 Å². The molecule has 0 spiro atoms. The van der Waals surface area contributed by atoms with Crippen LogP contribution in [0, 0.1) is 5.82 Å². The van der Waals surface area contributed by atoms with E-state index in [1.54, 1.807) is 36.3 Å². The van der Waals surface area contributed by atoms with Crippen LogP contribution >= 0.6 is 22.9 Å². The summed E-state index contributed by atoms with van der Waals surface area (Å²) in [5.41, 5.74) is 1.14. The van der Waals surface area contributed by atoms with Crippen LogP contribution in [0.4, 0.5) is 15.8 Å². The Morgan fingerprint density at radius 3 is 2.83 bits per heavy atom. The molecule has 1 N–H and O–H groups in total. The first-order valence-electron chi connectivity index (χ1n) is 9.15. The Kier molecular flexibility index (Phi) is 5.43. The molecule has 150 valence electrons. The van der Waals surface area contributed by atoms with E-state index in [-0.39, 0.29) is 11.7 Å². The highest BCUT2D eigenvalue weighted by atomic mass is 35.5. The minimum absolute atomic E-state index is 0.0348. The van der Waals surface area contributed by atoms with Gasteiger partial charge in [-0.3, -0.25) is 9.59 Å². The molecule has 1 saturated heterocycles. The number of hydrogen-bond acceptors (Lipinski definition) is 4. The maximum Gasteiger partial charge on any atom is 0.267 e. The molecule has 1 aliphatic rings. The van der Waals surface area contributed by atoms with Crippen molar-refractivity contribution in [2.45, 2.75) is 19.3 Å². The Balaban J connectivity index is 1.64.